The Hall–Kier alpha value is -2.40. The molecule has 0 spiro atoms. The predicted molar refractivity (Wildman–Crippen MR) is 86.3 cm³/mol. The lowest BCUT2D eigenvalue weighted by atomic mass is 9.88. The van der Waals surface area contributed by atoms with Crippen LogP contribution in [0.25, 0.3) is 0 Å². The molecule has 1 heterocycles. The standard InChI is InChI=1S/C18H21NO4/c1-19-6-5-12-9-15(20)16(21)10-13(12)14(19)7-11-3-4-18(23-2)17(22)8-11/h3-4,8-10,14,20-22H,5-7H2,1-2H3/p+1. The number of fused-ring (bicyclic) bond motifs is 1. The summed E-state index contributed by atoms with van der Waals surface area (Å²) in [5, 5.41) is 29.5. The molecule has 0 aliphatic carbocycles. The van der Waals surface area contributed by atoms with E-state index < -0.39 is 0 Å². The highest BCUT2D eigenvalue weighted by Crippen LogP contribution is 2.34. The van der Waals surface area contributed by atoms with E-state index in [1.54, 1.807) is 24.3 Å². The molecule has 2 aromatic rings. The molecule has 0 radical (unpaired) electrons. The van der Waals surface area contributed by atoms with E-state index in [9.17, 15) is 15.3 Å². The highest BCUT2D eigenvalue weighted by molar-refractivity contribution is 5.48. The number of phenolic OH excluding ortho intramolecular Hbond substituents is 3. The first-order chi connectivity index (χ1) is 11.0. The third-order valence-corrected chi connectivity index (χ3v) is 4.68. The number of quaternary nitrogens is 1. The molecule has 0 aromatic heterocycles. The fourth-order valence-corrected chi connectivity index (χ4v) is 3.33. The van der Waals surface area contributed by atoms with Gasteiger partial charge >= 0.3 is 0 Å². The molecular weight excluding hydrogens is 294 g/mol. The van der Waals surface area contributed by atoms with Crippen molar-refractivity contribution in [3.8, 4) is 23.0 Å². The number of ether oxygens (including phenoxy) is 1. The first-order valence-electron chi connectivity index (χ1n) is 7.72. The molecule has 0 amide bonds. The SMILES string of the molecule is COc1ccc(CC2c3cc(O)c(O)cc3CC[NH+]2C)cc1O. The fourth-order valence-electron chi connectivity index (χ4n) is 3.33. The molecule has 4 N–H and O–H groups in total. The summed E-state index contributed by atoms with van der Waals surface area (Å²) in [5.74, 6) is 0.443. The lowest BCUT2D eigenvalue weighted by Crippen LogP contribution is -3.10. The van der Waals surface area contributed by atoms with Crippen LogP contribution in [0.4, 0.5) is 0 Å². The summed E-state index contributed by atoms with van der Waals surface area (Å²) >= 11 is 0. The fraction of sp³-hybridized carbons (Fsp3) is 0.333. The van der Waals surface area contributed by atoms with Gasteiger partial charge in [-0.25, -0.2) is 0 Å². The van der Waals surface area contributed by atoms with E-state index in [0.717, 1.165) is 36.1 Å². The average Bonchev–Trinajstić information content (AvgIpc) is 2.52. The predicted octanol–water partition coefficient (Wildman–Crippen LogP) is 1.17. The first kappa shape index (κ1) is 15.5. The quantitative estimate of drug-likeness (QED) is 0.641. The number of likely N-dealkylation sites (N-methyl/N-ethyl adjacent to an activating group) is 1. The number of phenols is 3. The molecule has 3 rings (SSSR count). The molecular formula is C18H22NO4+. The summed E-state index contributed by atoms with van der Waals surface area (Å²) in [6.07, 6.45) is 1.61. The number of benzene rings is 2. The van der Waals surface area contributed by atoms with Gasteiger partial charge in [-0.05, 0) is 35.4 Å². The Kier molecular flexibility index (Phi) is 4.05. The molecule has 2 unspecified atom stereocenters. The Morgan fingerprint density at radius 2 is 1.83 bits per heavy atom. The third-order valence-electron chi connectivity index (χ3n) is 4.68. The van der Waals surface area contributed by atoms with E-state index in [1.807, 2.05) is 6.07 Å². The largest absolute Gasteiger partial charge is 0.504 e. The van der Waals surface area contributed by atoms with Crippen LogP contribution in [0, 0.1) is 0 Å². The summed E-state index contributed by atoms with van der Waals surface area (Å²) in [4.78, 5) is 1.35. The molecule has 122 valence electrons. The van der Waals surface area contributed by atoms with Gasteiger partial charge in [0.1, 0.15) is 6.04 Å². The highest BCUT2D eigenvalue weighted by atomic mass is 16.5. The van der Waals surface area contributed by atoms with E-state index in [0.29, 0.717) is 5.75 Å². The zero-order valence-corrected chi connectivity index (χ0v) is 13.3. The molecule has 0 saturated carbocycles. The smallest absolute Gasteiger partial charge is 0.160 e. The Labute approximate surface area is 135 Å². The number of methoxy groups -OCH3 is 1. The highest BCUT2D eigenvalue weighted by Gasteiger charge is 2.30. The van der Waals surface area contributed by atoms with Crippen LogP contribution in [0.15, 0.2) is 30.3 Å². The van der Waals surface area contributed by atoms with Crippen LogP contribution in [0.5, 0.6) is 23.0 Å². The molecule has 2 aromatic carbocycles. The summed E-state index contributed by atoms with van der Waals surface area (Å²) in [5.41, 5.74) is 3.14. The lowest BCUT2D eigenvalue weighted by molar-refractivity contribution is -0.914. The van der Waals surface area contributed by atoms with Crippen LogP contribution < -0.4 is 9.64 Å². The molecule has 5 nitrogen and oxygen atoms in total. The summed E-state index contributed by atoms with van der Waals surface area (Å²) < 4.78 is 5.08. The van der Waals surface area contributed by atoms with Crippen molar-refractivity contribution in [1.82, 2.24) is 0 Å². The van der Waals surface area contributed by atoms with Gasteiger partial charge in [-0.2, -0.15) is 0 Å². The summed E-state index contributed by atoms with van der Waals surface area (Å²) in [6.45, 7) is 0.962. The zero-order valence-electron chi connectivity index (χ0n) is 13.3. The summed E-state index contributed by atoms with van der Waals surface area (Å²) in [7, 11) is 3.65. The van der Waals surface area contributed by atoms with Crippen LogP contribution in [-0.2, 0) is 12.8 Å². The monoisotopic (exact) mass is 316 g/mol. The summed E-state index contributed by atoms with van der Waals surface area (Å²) in [6, 6.07) is 8.92. The first-order valence-corrected chi connectivity index (χ1v) is 7.72. The molecule has 5 heteroatoms. The second-order valence-corrected chi connectivity index (χ2v) is 6.15. The Morgan fingerprint density at radius 3 is 2.52 bits per heavy atom. The van der Waals surface area contributed by atoms with Crippen LogP contribution >= 0.6 is 0 Å². The van der Waals surface area contributed by atoms with Gasteiger partial charge in [0.2, 0.25) is 0 Å². The van der Waals surface area contributed by atoms with Crippen molar-refractivity contribution in [3.05, 3.63) is 47.0 Å². The number of hydrogen-bond acceptors (Lipinski definition) is 4. The van der Waals surface area contributed by atoms with Crippen LogP contribution in [-0.4, -0.2) is 36.0 Å². The van der Waals surface area contributed by atoms with Crippen molar-refractivity contribution in [2.24, 2.45) is 0 Å². The second kappa shape index (κ2) is 6.01. The van der Waals surface area contributed by atoms with Crippen molar-refractivity contribution in [3.63, 3.8) is 0 Å². The minimum Gasteiger partial charge on any atom is -0.504 e. The van der Waals surface area contributed by atoms with Gasteiger partial charge in [0.15, 0.2) is 23.0 Å². The lowest BCUT2D eigenvalue weighted by Gasteiger charge is -2.32. The maximum atomic E-state index is 9.96. The molecule has 0 bridgehead atoms. The minimum absolute atomic E-state index is 0.0656. The molecule has 2 atom stereocenters. The van der Waals surface area contributed by atoms with Gasteiger partial charge in [-0.15, -0.1) is 0 Å². The molecule has 0 saturated heterocycles. The van der Waals surface area contributed by atoms with E-state index >= 15 is 0 Å². The molecule has 23 heavy (non-hydrogen) atoms. The number of hydrogen-bond donors (Lipinski definition) is 4. The van der Waals surface area contributed by atoms with Gasteiger partial charge in [0, 0.05) is 18.4 Å². The van der Waals surface area contributed by atoms with E-state index in [2.05, 4.69) is 7.05 Å². The Morgan fingerprint density at radius 1 is 1.09 bits per heavy atom. The maximum Gasteiger partial charge on any atom is 0.160 e. The third kappa shape index (κ3) is 2.92. The van der Waals surface area contributed by atoms with Crippen molar-refractivity contribution in [2.75, 3.05) is 20.7 Å². The number of aromatic hydroxyl groups is 3. The van der Waals surface area contributed by atoms with E-state index in [4.69, 9.17) is 4.74 Å². The van der Waals surface area contributed by atoms with Gasteiger partial charge in [0.05, 0.1) is 20.7 Å². The van der Waals surface area contributed by atoms with Gasteiger partial charge in [-0.3, -0.25) is 0 Å². The molecule has 1 aliphatic rings. The molecule has 1 aliphatic heterocycles. The molecule has 0 fully saturated rings. The second-order valence-electron chi connectivity index (χ2n) is 6.15. The van der Waals surface area contributed by atoms with Crippen molar-refractivity contribution in [2.45, 2.75) is 18.9 Å². The topological polar surface area (TPSA) is 74.4 Å². The van der Waals surface area contributed by atoms with Crippen molar-refractivity contribution in [1.29, 1.82) is 0 Å². The number of nitrogens with one attached hydrogen (secondary N) is 1. The van der Waals surface area contributed by atoms with Crippen LogP contribution in [0.2, 0.25) is 0 Å². The van der Waals surface area contributed by atoms with Crippen molar-refractivity contribution >= 4 is 0 Å². The van der Waals surface area contributed by atoms with Crippen LogP contribution in [0.1, 0.15) is 22.7 Å². The zero-order chi connectivity index (χ0) is 16.6. The van der Waals surface area contributed by atoms with Gasteiger partial charge in [0.25, 0.3) is 0 Å². The average molecular weight is 316 g/mol. The Bertz CT molecular complexity index is 729. The minimum atomic E-state index is -0.0824. The van der Waals surface area contributed by atoms with Crippen LogP contribution in [0.3, 0.4) is 0 Å². The normalized spacial score (nSPS) is 20.1. The van der Waals surface area contributed by atoms with Crippen molar-refractivity contribution < 1.29 is 25.0 Å². The maximum absolute atomic E-state index is 9.96. The Balaban J connectivity index is 1.94. The van der Waals surface area contributed by atoms with Gasteiger partial charge in [-0.1, -0.05) is 6.07 Å². The van der Waals surface area contributed by atoms with E-state index in [1.165, 1.54) is 12.0 Å². The number of rotatable bonds is 3. The van der Waals surface area contributed by atoms with Gasteiger partial charge < -0.3 is 25.0 Å². The van der Waals surface area contributed by atoms with E-state index in [-0.39, 0.29) is 23.3 Å².